The van der Waals surface area contributed by atoms with E-state index in [2.05, 4.69) is 0 Å². The smallest absolute Gasteiger partial charge is 0.348 e. The maximum absolute atomic E-state index is 12.6. The predicted molar refractivity (Wildman–Crippen MR) is 93.9 cm³/mol. The van der Waals surface area contributed by atoms with Crippen LogP contribution in [0.1, 0.15) is 0 Å². The van der Waals surface area contributed by atoms with Gasteiger partial charge in [-0.15, -0.1) is 0 Å². The van der Waals surface area contributed by atoms with E-state index in [4.69, 9.17) is 13.9 Å². The van der Waals surface area contributed by atoms with Gasteiger partial charge in [0.1, 0.15) is 11.0 Å². The van der Waals surface area contributed by atoms with Crippen LogP contribution in [0.5, 0.6) is 23.0 Å². The average molecular weight is 338 g/mol. The Kier molecular flexibility index (Phi) is 3.21. The van der Waals surface area contributed by atoms with Crippen LogP contribution in [0.4, 0.5) is 0 Å². The Hall–Kier alpha value is -3.41. The Morgan fingerprint density at radius 2 is 1.60 bits per heavy atom. The Morgan fingerprint density at radius 1 is 0.880 bits per heavy atom. The molecule has 0 aliphatic rings. The lowest BCUT2D eigenvalue weighted by Gasteiger charge is -2.12. The summed E-state index contributed by atoms with van der Waals surface area (Å²) in [5.74, 6) is 0.228. The van der Waals surface area contributed by atoms with E-state index in [0.29, 0.717) is 38.6 Å². The van der Waals surface area contributed by atoms with E-state index in [1.54, 1.807) is 24.3 Å². The predicted octanol–water partition coefficient (Wildman–Crippen LogP) is 3.53. The van der Waals surface area contributed by atoms with Crippen molar-refractivity contribution in [3.63, 3.8) is 0 Å². The van der Waals surface area contributed by atoms with Crippen molar-refractivity contribution < 1.29 is 24.1 Å². The first-order valence-corrected chi connectivity index (χ1v) is 7.51. The molecule has 2 N–H and O–H groups in total. The highest BCUT2D eigenvalue weighted by molar-refractivity contribution is 6.15. The van der Waals surface area contributed by atoms with E-state index in [0.717, 1.165) is 0 Å². The van der Waals surface area contributed by atoms with E-state index < -0.39 is 5.63 Å². The van der Waals surface area contributed by atoms with Crippen LogP contribution >= 0.6 is 0 Å². The number of ether oxygens (including phenoxy) is 2. The Morgan fingerprint density at radius 3 is 2.32 bits per heavy atom. The molecule has 1 aromatic heterocycles. The van der Waals surface area contributed by atoms with Crippen molar-refractivity contribution in [2.24, 2.45) is 0 Å². The zero-order valence-electron chi connectivity index (χ0n) is 13.5. The molecule has 0 aliphatic heterocycles. The lowest BCUT2D eigenvalue weighted by molar-refractivity contribution is 0.357. The summed E-state index contributed by atoms with van der Waals surface area (Å²) in [4.78, 5) is 12.6. The Balaban J connectivity index is 2.24. The molecule has 0 bridgehead atoms. The molecule has 6 nitrogen and oxygen atoms in total. The van der Waals surface area contributed by atoms with Gasteiger partial charge in [-0.1, -0.05) is 6.07 Å². The summed E-state index contributed by atoms with van der Waals surface area (Å²) in [6.07, 6.45) is 0. The average Bonchev–Trinajstić information content (AvgIpc) is 2.61. The summed E-state index contributed by atoms with van der Waals surface area (Å²) >= 11 is 0. The van der Waals surface area contributed by atoms with Gasteiger partial charge in [-0.2, -0.15) is 0 Å². The van der Waals surface area contributed by atoms with Gasteiger partial charge in [-0.05, 0) is 35.7 Å². The molecule has 6 heteroatoms. The van der Waals surface area contributed by atoms with Crippen LogP contribution in [0, 0.1) is 0 Å². The molecule has 0 spiro atoms. The standard InChI is InChI=1S/C19H14O6/c1-23-15-6-5-10-11-4-3-9-7-13(20)14(21)8-12(9)17(11)25-19(22)16(10)18(15)24-2/h3-8,20-21H,1-2H3. The van der Waals surface area contributed by atoms with Gasteiger partial charge < -0.3 is 24.1 Å². The summed E-state index contributed by atoms with van der Waals surface area (Å²) in [6.45, 7) is 0. The third kappa shape index (κ3) is 2.07. The van der Waals surface area contributed by atoms with E-state index in [1.807, 2.05) is 0 Å². The molecule has 0 saturated heterocycles. The highest BCUT2D eigenvalue weighted by Gasteiger charge is 2.18. The molecule has 1 heterocycles. The third-order valence-corrected chi connectivity index (χ3v) is 4.30. The second kappa shape index (κ2) is 5.31. The van der Waals surface area contributed by atoms with Gasteiger partial charge in [0.15, 0.2) is 23.0 Å². The normalized spacial score (nSPS) is 11.3. The van der Waals surface area contributed by atoms with Crippen molar-refractivity contribution in [3.05, 3.63) is 46.8 Å². The number of phenols is 2. The largest absolute Gasteiger partial charge is 0.504 e. The van der Waals surface area contributed by atoms with Crippen LogP contribution < -0.4 is 15.1 Å². The molecule has 4 aromatic rings. The molecule has 0 atom stereocenters. The van der Waals surface area contributed by atoms with Crippen LogP contribution in [-0.4, -0.2) is 24.4 Å². The van der Waals surface area contributed by atoms with Crippen molar-refractivity contribution in [3.8, 4) is 23.0 Å². The molecule has 126 valence electrons. The number of hydrogen-bond donors (Lipinski definition) is 2. The number of hydrogen-bond acceptors (Lipinski definition) is 6. The van der Waals surface area contributed by atoms with E-state index in [9.17, 15) is 15.0 Å². The van der Waals surface area contributed by atoms with Crippen molar-refractivity contribution >= 4 is 32.5 Å². The molecule has 0 aliphatic carbocycles. The Bertz CT molecular complexity index is 1210. The fraction of sp³-hybridized carbons (Fsp3) is 0.105. The van der Waals surface area contributed by atoms with Gasteiger partial charge in [-0.25, -0.2) is 4.79 Å². The number of phenolic OH excluding ortho intramolecular Hbond substituents is 2. The van der Waals surface area contributed by atoms with Gasteiger partial charge in [0, 0.05) is 16.2 Å². The summed E-state index contributed by atoms with van der Waals surface area (Å²) < 4.78 is 16.1. The minimum atomic E-state index is -0.571. The first-order valence-electron chi connectivity index (χ1n) is 7.51. The number of aromatic hydroxyl groups is 2. The van der Waals surface area contributed by atoms with Crippen LogP contribution in [0.25, 0.3) is 32.5 Å². The number of rotatable bonds is 2. The topological polar surface area (TPSA) is 89.1 Å². The lowest BCUT2D eigenvalue weighted by Crippen LogP contribution is -2.04. The highest BCUT2D eigenvalue weighted by Crippen LogP contribution is 2.39. The first kappa shape index (κ1) is 15.1. The van der Waals surface area contributed by atoms with Gasteiger partial charge >= 0.3 is 5.63 Å². The van der Waals surface area contributed by atoms with Gasteiger partial charge in [0.25, 0.3) is 0 Å². The number of methoxy groups -OCH3 is 2. The molecule has 0 saturated carbocycles. The zero-order valence-corrected chi connectivity index (χ0v) is 13.5. The maximum atomic E-state index is 12.6. The van der Waals surface area contributed by atoms with E-state index in [-0.39, 0.29) is 16.9 Å². The molecular weight excluding hydrogens is 324 g/mol. The second-order valence-corrected chi connectivity index (χ2v) is 5.62. The minimum absolute atomic E-state index is 0.235. The molecular formula is C19H14O6. The summed E-state index contributed by atoms with van der Waals surface area (Å²) in [6, 6.07) is 9.87. The van der Waals surface area contributed by atoms with E-state index in [1.165, 1.54) is 26.4 Å². The van der Waals surface area contributed by atoms with Gasteiger partial charge in [0.05, 0.1) is 14.2 Å². The van der Waals surface area contributed by atoms with Crippen molar-refractivity contribution in [2.45, 2.75) is 0 Å². The molecule has 4 rings (SSSR count). The Labute approximate surface area is 141 Å². The van der Waals surface area contributed by atoms with Crippen molar-refractivity contribution in [1.29, 1.82) is 0 Å². The SMILES string of the molecule is COc1ccc2c(c1OC)c(=O)oc1c3cc(O)c(O)cc3ccc21. The lowest BCUT2D eigenvalue weighted by atomic mass is 10.0. The van der Waals surface area contributed by atoms with Gasteiger partial charge in [-0.3, -0.25) is 0 Å². The zero-order chi connectivity index (χ0) is 17.7. The minimum Gasteiger partial charge on any atom is -0.504 e. The van der Waals surface area contributed by atoms with Crippen LogP contribution in [0.2, 0.25) is 0 Å². The van der Waals surface area contributed by atoms with E-state index >= 15 is 0 Å². The summed E-state index contributed by atoms with van der Waals surface area (Å²) in [7, 11) is 2.96. The fourth-order valence-corrected chi connectivity index (χ4v) is 3.14. The number of fused-ring (bicyclic) bond motifs is 5. The molecule has 25 heavy (non-hydrogen) atoms. The maximum Gasteiger partial charge on any atom is 0.348 e. The molecule has 0 radical (unpaired) electrons. The highest BCUT2D eigenvalue weighted by atomic mass is 16.5. The first-order chi connectivity index (χ1) is 12.0. The summed E-state index contributed by atoms with van der Waals surface area (Å²) in [5, 5.41) is 22.3. The summed E-state index contributed by atoms with van der Waals surface area (Å²) in [5.41, 5.74) is -0.240. The molecule has 0 fully saturated rings. The van der Waals surface area contributed by atoms with Crippen LogP contribution in [-0.2, 0) is 0 Å². The number of benzene rings is 3. The molecule has 0 amide bonds. The molecule has 0 unspecified atom stereocenters. The van der Waals surface area contributed by atoms with Crippen LogP contribution in [0.15, 0.2) is 45.6 Å². The second-order valence-electron chi connectivity index (χ2n) is 5.62. The van der Waals surface area contributed by atoms with Crippen molar-refractivity contribution in [2.75, 3.05) is 14.2 Å². The quantitative estimate of drug-likeness (QED) is 0.330. The monoisotopic (exact) mass is 338 g/mol. The molecule has 3 aromatic carbocycles. The van der Waals surface area contributed by atoms with Gasteiger partial charge in [0.2, 0.25) is 0 Å². The van der Waals surface area contributed by atoms with Crippen LogP contribution in [0.3, 0.4) is 0 Å². The van der Waals surface area contributed by atoms with Crippen molar-refractivity contribution in [1.82, 2.24) is 0 Å². The fourth-order valence-electron chi connectivity index (χ4n) is 3.14. The third-order valence-electron chi connectivity index (χ3n) is 4.30.